The molecule has 0 spiro atoms. The Morgan fingerprint density at radius 3 is 2.78 bits per heavy atom. The van der Waals surface area contributed by atoms with Gasteiger partial charge in [0.1, 0.15) is 18.4 Å². The minimum absolute atomic E-state index is 0.239. The second-order valence-electron chi connectivity index (χ2n) is 5.99. The Morgan fingerprint density at radius 2 is 2.00 bits per heavy atom. The predicted molar refractivity (Wildman–Crippen MR) is 102 cm³/mol. The fourth-order valence-corrected chi connectivity index (χ4v) is 2.91. The van der Waals surface area contributed by atoms with Crippen molar-refractivity contribution in [2.24, 2.45) is 0 Å². The van der Waals surface area contributed by atoms with Gasteiger partial charge in [0.25, 0.3) is 5.91 Å². The van der Waals surface area contributed by atoms with Crippen molar-refractivity contribution in [3.05, 3.63) is 72.4 Å². The number of amides is 1. The van der Waals surface area contributed by atoms with Crippen molar-refractivity contribution in [1.29, 1.82) is 0 Å². The van der Waals surface area contributed by atoms with Crippen molar-refractivity contribution in [3.8, 4) is 11.4 Å². The third kappa shape index (κ3) is 3.22. The molecule has 7 nitrogen and oxygen atoms in total. The molecule has 134 valence electrons. The number of nitrogens with one attached hydrogen (secondary N) is 1. The first-order valence-electron chi connectivity index (χ1n) is 8.36. The standard InChI is InChI=1S/C20H17N5O2/c1-13-16(10-14-9-15(27-2)7-8-17(14)23-13)20(26)24-18-5-3-4-6-19(18)25-12-21-11-22-25/h3-12H,1-2H3,(H,24,26). The third-order valence-electron chi connectivity index (χ3n) is 4.27. The topological polar surface area (TPSA) is 81.9 Å². The number of para-hydroxylation sites is 2. The monoisotopic (exact) mass is 359 g/mol. The molecule has 0 atom stereocenters. The lowest BCUT2D eigenvalue weighted by molar-refractivity contribution is 0.102. The average molecular weight is 359 g/mol. The van der Waals surface area contributed by atoms with Gasteiger partial charge >= 0.3 is 0 Å². The minimum Gasteiger partial charge on any atom is -0.497 e. The number of carbonyl (C=O) groups is 1. The van der Waals surface area contributed by atoms with Crippen LogP contribution in [0, 0.1) is 6.92 Å². The van der Waals surface area contributed by atoms with Crippen LogP contribution in [0.25, 0.3) is 16.6 Å². The first-order chi connectivity index (χ1) is 13.2. The van der Waals surface area contributed by atoms with Gasteiger partial charge in [0.2, 0.25) is 0 Å². The van der Waals surface area contributed by atoms with Crippen molar-refractivity contribution in [1.82, 2.24) is 19.7 Å². The van der Waals surface area contributed by atoms with E-state index in [1.165, 1.54) is 6.33 Å². The molecule has 0 saturated carbocycles. The van der Waals surface area contributed by atoms with Gasteiger partial charge in [-0.15, -0.1) is 0 Å². The summed E-state index contributed by atoms with van der Waals surface area (Å²) in [6, 6.07) is 14.8. The molecule has 4 rings (SSSR count). The number of carbonyl (C=O) groups excluding carboxylic acids is 1. The lowest BCUT2D eigenvalue weighted by Gasteiger charge is -2.12. The first kappa shape index (κ1) is 16.7. The predicted octanol–water partition coefficient (Wildman–Crippen LogP) is 3.38. The number of hydrogen-bond donors (Lipinski definition) is 1. The summed E-state index contributed by atoms with van der Waals surface area (Å²) in [7, 11) is 1.61. The molecule has 27 heavy (non-hydrogen) atoms. The van der Waals surface area contributed by atoms with Crippen LogP contribution in [0.1, 0.15) is 16.1 Å². The van der Waals surface area contributed by atoms with Crippen LogP contribution in [0.5, 0.6) is 5.75 Å². The van der Waals surface area contributed by atoms with Crippen molar-refractivity contribution >= 4 is 22.5 Å². The van der Waals surface area contributed by atoms with Gasteiger partial charge in [-0.1, -0.05) is 12.1 Å². The minimum atomic E-state index is -0.239. The highest BCUT2D eigenvalue weighted by atomic mass is 16.5. The van der Waals surface area contributed by atoms with Gasteiger partial charge in [-0.3, -0.25) is 9.78 Å². The largest absolute Gasteiger partial charge is 0.497 e. The Morgan fingerprint density at radius 1 is 1.15 bits per heavy atom. The lowest BCUT2D eigenvalue weighted by atomic mass is 10.1. The number of nitrogens with zero attached hydrogens (tertiary/aromatic N) is 4. The Kier molecular flexibility index (Phi) is 4.25. The van der Waals surface area contributed by atoms with Crippen LogP contribution in [0.2, 0.25) is 0 Å². The molecule has 0 saturated heterocycles. The summed E-state index contributed by atoms with van der Waals surface area (Å²) >= 11 is 0. The highest BCUT2D eigenvalue weighted by Gasteiger charge is 2.15. The van der Waals surface area contributed by atoms with E-state index in [0.29, 0.717) is 16.9 Å². The van der Waals surface area contributed by atoms with Crippen LogP contribution in [-0.2, 0) is 0 Å². The van der Waals surface area contributed by atoms with Gasteiger partial charge in [0.05, 0.1) is 35.3 Å². The number of aryl methyl sites for hydroxylation is 1. The number of benzene rings is 2. The molecule has 2 aromatic heterocycles. The third-order valence-corrected chi connectivity index (χ3v) is 4.27. The normalized spacial score (nSPS) is 10.7. The van der Waals surface area contributed by atoms with Crippen molar-refractivity contribution < 1.29 is 9.53 Å². The van der Waals surface area contributed by atoms with Crippen LogP contribution in [-0.4, -0.2) is 32.8 Å². The quantitative estimate of drug-likeness (QED) is 0.604. The molecule has 0 aliphatic heterocycles. The molecule has 0 bridgehead atoms. The van der Waals surface area contributed by atoms with Crippen molar-refractivity contribution in [2.75, 3.05) is 12.4 Å². The molecule has 2 aromatic carbocycles. The molecule has 4 aromatic rings. The Hall–Kier alpha value is -3.74. The number of methoxy groups -OCH3 is 1. The lowest BCUT2D eigenvalue weighted by Crippen LogP contribution is -2.16. The van der Waals surface area contributed by atoms with Gasteiger partial charge < -0.3 is 10.1 Å². The van der Waals surface area contributed by atoms with Gasteiger partial charge in [-0.2, -0.15) is 5.10 Å². The zero-order chi connectivity index (χ0) is 18.8. The molecule has 0 radical (unpaired) electrons. The van der Waals surface area contributed by atoms with Crippen molar-refractivity contribution in [2.45, 2.75) is 6.92 Å². The van der Waals surface area contributed by atoms with E-state index in [1.54, 1.807) is 18.1 Å². The molecule has 0 aliphatic carbocycles. The van der Waals surface area contributed by atoms with Crippen LogP contribution >= 0.6 is 0 Å². The molecule has 7 heteroatoms. The first-order valence-corrected chi connectivity index (χ1v) is 8.36. The molecular weight excluding hydrogens is 342 g/mol. The number of hydrogen-bond acceptors (Lipinski definition) is 5. The summed E-state index contributed by atoms with van der Waals surface area (Å²) in [6.45, 7) is 1.82. The van der Waals surface area contributed by atoms with Gasteiger partial charge in [-0.25, -0.2) is 9.67 Å². The van der Waals surface area contributed by atoms with Gasteiger partial charge in [0, 0.05) is 5.39 Å². The molecule has 0 aliphatic rings. The van der Waals surface area contributed by atoms with Crippen molar-refractivity contribution in [3.63, 3.8) is 0 Å². The Bertz CT molecular complexity index is 1120. The highest BCUT2D eigenvalue weighted by Crippen LogP contribution is 2.24. The summed E-state index contributed by atoms with van der Waals surface area (Å²) in [6.07, 6.45) is 3.03. The van der Waals surface area contributed by atoms with E-state index in [4.69, 9.17) is 4.74 Å². The van der Waals surface area contributed by atoms with E-state index in [9.17, 15) is 4.79 Å². The summed E-state index contributed by atoms with van der Waals surface area (Å²) in [4.78, 5) is 21.4. The van der Waals surface area contributed by atoms with Gasteiger partial charge in [-0.05, 0) is 43.3 Å². The molecule has 2 heterocycles. The fourth-order valence-electron chi connectivity index (χ4n) is 2.91. The summed E-state index contributed by atoms with van der Waals surface area (Å²) in [5, 5.41) is 7.93. The molecule has 1 amide bonds. The summed E-state index contributed by atoms with van der Waals surface area (Å²) in [5.41, 5.74) is 3.34. The number of ether oxygens (including phenoxy) is 1. The molecule has 0 fully saturated rings. The number of aromatic nitrogens is 4. The van der Waals surface area contributed by atoms with E-state index < -0.39 is 0 Å². The second kappa shape index (κ2) is 6.87. The second-order valence-corrected chi connectivity index (χ2v) is 5.99. The maximum absolute atomic E-state index is 12.9. The van der Waals surface area contributed by atoms with E-state index in [2.05, 4.69) is 20.4 Å². The maximum Gasteiger partial charge on any atom is 0.257 e. The fraction of sp³-hybridized carbons (Fsp3) is 0.100. The van der Waals surface area contributed by atoms with E-state index in [1.807, 2.05) is 55.5 Å². The zero-order valence-electron chi connectivity index (χ0n) is 14.9. The Labute approximate surface area is 155 Å². The Balaban J connectivity index is 1.71. The summed E-state index contributed by atoms with van der Waals surface area (Å²) < 4.78 is 6.86. The van der Waals surface area contributed by atoms with E-state index in [0.717, 1.165) is 22.3 Å². The molecule has 0 unspecified atom stereocenters. The summed E-state index contributed by atoms with van der Waals surface area (Å²) in [5.74, 6) is 0.480. The zero-order valence-corrected chi connectivity index (χ0v) is 14.9. The maximum atomic E-state index is 12.9. The number of pyridine rings is 1. The highest BCUT2D eigenvalue weighted by molar-refractivity contribution is 6.07. The van der Waals surface area contributed by atoms with E-state index >= 15 is 0 Å². The average Bonchev–Trinajstić information content (AvgIpc) is 3.22. The van der Waals surface area contributed by atoms with Crippen LogP contribution in [0.3, 0.4) is 0 Å². The van der Waals surface area contributed by atoms with E-state index in [-0.39, 0.29) is 5.91 Å². The van der Waals surface area contributed by atoms with Crippen LogP contribution < -0.4 is 10.1 Å². The number of fused-ring (bicyclic) bond motifs is 1. The number of rotatable bonds is 4. The SMILES string of the molecule is COc1ccc2nc(C)c(C(=O)Nc3ccccc3-n3cncn3)cc2c1. The molecular formula is C20H17N5O2. The van der Waals surface area contributed by atoms with Crippen LogP contribution in [0.4, 0.5) is 5.69 Å². The van der Waals surface area contributed by atoms with Gasteiger partial charge in [0.15, 0.2) is 0 Å². The van der Waals surface area contributed by atoms with Crippen LogP contribution in [0.15, 0.2) is 61.2 Å². The molecule has 1 N–H and O–H groups in total. The smallest absolute Gasteiger partial charge is 0.257 e. The number of anilines is 1.